The number of aromatic nitrogens is 1. The Hall–Kier alpha value is -0.610. The maximum absolute atomic E-state index is 4.56. The van der Waals surface area contributed by atoms with Crippen LogP contribution in [0.25, 0.3) is 0 Å². The van der Waals surface area contributed by atoms with Crippen LogP contribution in [0.2, 0.25) is 0 Å². The Labute approximate surface area is 119 Å². The van der Waals surface area contributed by atoms with Crippen molar-refractivity contribution in [2.24, 2.45) is 5.92 Å². The Balaban J connectivity index is 2.85. The lowest BCUT2D eigenvalue weighted by atomic mass is 10.1. The van der Waals surface area contributed by atoms with Gasteiger partial charge in [-0.1, -0.05) is 27.2 Å². The Bertz CT molecular complexity index is 368. The molecule has 1 atom stereocenters. The summed E-state index contributed by atoms with van der Waals surface area (Å²) < 4.78 is 1.04. The molecule has 0 fully saturated rings. The molecular weight excluding hydrogens is 290 g/mol. The highest BCUT2D eigenvalue weighted by molar-refractivity contribution is 9.10. The van der Waals surface area contributed by atoms with Crippen molar-refractivity contribution >= 4 is 21.7 Å². The molecule has 4 heteroatoms. The van der Waals surface area contributed by atoms with Crippen LogP contribution in [0, 0.1) is 5.92 Å². The van der Waals surface area contributed by atoms with Gasteiger partial charge in [-0.15, -0.1) is 0 Å². The highest BCUT2D eigenvalue weighted by Crippen LogP contribution is 2.21. The number of pyridine rings is 1. The molecule has 0 saturated heterocycles. The molecule has 0 bridgehead atoms. The third-order valence-corrected chi connectivity index (χ3v) is 3.55. The van der Waals surface area contributed by atoms with Crippen LogP contribution in [0.4, 0.5) is 5.82 Å². The number of anilines is 1. The molecule has 3 nitrogen and oxygen atoms in total. The van der Waals surface area contributed by atoms with E-state index in [1.165, 1.54) is 12.0 Å². The third-order valence-electron chi connectivity index (χ3n) is 3.12. The van der Waals surface area contributed by atoms with E-state index in [2.05, 4.69) is 65.0 Å². The summed E-state index contributed by atoms with van der Waals surface area (Å²) in [6, 6.07) is 2.15. The molecule has 0 aromatic carbocycles. The zero-order valence-corrected chi connectivity index (χ0v) is 13.4. The Morgan fingerprint density at radius 3 is 2.78 bits per heavy atom. The molecule has 0 aliphatic heterocycles. The van der Waals surface area contributed by atoms with Crippen molar-refractivity contribution in [3.63, 3.8) is 0 Å². The van der Waals surface area contributed by atoms with Gasteiger partial charge in [0, 0.05) is 36.4 Å². The first-order valence-electron chi connectivity index (χ1n) is 6.64. The second-order valence-corrected chi connectivity index (χ2v) is 5.73. The zero-order valence-electron chi connectivity index (χ0n) is 11.8. The van der Waals surface area contributed by atoms with Gasteiger partial charge in [0.05, 0.1) is 0 Å². The lowest BCUT2D eigenvalue weighted by molar-refractivity contribution is 0.556. The van der Waals surface area contributed by atoms with Crippen molar-refractivity contribution in [1.82, 2.24) is 10.3 Å². The minimum atomic E-state index is 0.687. The van der Waals surface area contributed by atoms with Gasteiger partial charge >= 0.3 is 0 Å². The van der Waals surface area contributed by atoms with Gasteiger partial charge < -0.3 is 10.2 Å². The quantitative estimate of drug-likeness (QED) is 0.836. The lowest BCUT2D eigenvalue weighted by Crippen LogP contribution is -2.26. The smallest absolute Gasteiger partial charge is 0.132 e. The lowest BCUT2D eigenvalue weighted by Gasteiger charge is -2.24. The Morgan fingerprint density at radius 2 is 2.17 bits per heavy atom. The molecule has 1 rings (SSSR count). The van der Waals surface area contributed by atoms with Gasteiger partial charge in [-0.25, -0.2) is 4.98 Å². The number of rotatable bonds is 7. The van der Waals surface area contributed by atoms with Crippen molar-refractivity contribution in [3.05, 3.63) is 22.3 Å². The highest BCUT2D eigenvalue weighted by atomic mass is 79.9. The summed E-state index contributed by atoms with van der Waals surface area (Å²) in [5.41, 5.74) is 1.25. The molecule has 1 unspecified atom stereocenters. The van der Waals surface area contributed by atoms with Gasteiger partial charge in [-0.2, -0.15) is 0 Å². The molecule has 1 aromatic heterocycles. The summed E-state index contributed by atoms with van der Waals surface area (Å²) in [5.74, 6) is 1.77. The maximum atomic E-state index is 4.56. The van der Waals surface area contributed by atoms with Gasteiger partial charge in [-0.3, -0.25) is 0 Å². The van der Waals surface area contributed by atoms with Crippen LogP contribution in [-0.2, 0) is 6.54 Å². The monoisotopic (exact) mass is 313 g/mol. The van der Waals surface area contributed by atoms with Crippen molar-refractivity contribution in [2.75, 3.05) is 25.0 Å². The van der Waals surface area contributed by atoms with E-state index in [0.29, 0.717) is 5.92 Å². The SMILES string of the molecule is CCNCc1cc(Br)cnc1N(C)CC(C)CC. The molecule has 0 aliphatic carbocycles. The van der Waals surface area contributed by atoms with Gasteiger partial charge in [-0.05, 0) is 34.5 Å². The van der Waals surface area contributed by atoms with E-state index in [0.717, 1.165) is 29.9 Å². The molecule has 1 N–H and O–H groups in total. The van der Waals surface area contributed by atoms with Gasteiger partial charge in [0.15, 0.2) is 0 Å². The molecule has 0 amide bonds. The minimum absolute atomic E-state index is 0.687. The van der Waals surface area contributed by atoms with E-state index < -0.39 is 0 Å². The molecule has 0 spiro atoms. The van der Waals surface area contributed by atoms with Crippen LogP contribution in [0.5, 0.6) is 0 Å². The van der Waals surface area contributed by atoms with E-state index in [4.69, 9.17) is 0 Å². The van der Waals surface area contributed by atoms with Crippen molar-refractivity contribution < 1.29 is 0 Å². The summed E-state index contributed by atoms with van der Waals surface area (Å²) in [6.45, 7) is 9.51. The second-order valence-electron chi connectivity index (χ2n) is 4.81. The van der Waals surface area contributed by atoms with Gasteiger partial charge in [0.2, 0.25) is 0 Å². The summed E-state index contributed by atoms with van der Waals surface area (Å²) in [7, 11) is 2.12. The topological polar surface area (TPSA) is 28.2 Å². The van der Waals surface area contributed by atoms with E-state index in [1.54, 1.807) is 0 Å². The minimum Gasteiger partial charge on any atom is -0.359 e. The molecule has 102 valence electrons. The van der Waals surface area contributed by atoms with Crippen LogP contribution in [0.1, 0.15) is 32.8 Å². The summed E-state index contributed by atoms with van der Waals surface area (Å²) in [4.78, 5) is 6.81. The summed E-state index contributed by atoms with van der Waals surface area (Å²) in [5, 5.41) is 3.37. The molecule has 1 aromatic rings. The fourth-order valence-electron chi connectivity index (χ4n) is 1.89. The molecule has 0 aliphatic rings. The first kappa shape index (κ1) is 15.4. The second kappa shape index (κ2) is 7.74. The number of halogens is 1. The van der Waals surface area contributed by atoms with Crippen LogP contribution >= 0.6 is 15.9 Å². The number of hydrogen-bond acceptors (Lipinski definition) is 3. The first-order chi connectivity index (χ1) is 8.58. The van der Waals surface area contributed by atoms with Crippen molar-refractivity contribution in [3.8, 4) is 0 Å². The average molecular weight is 314 g/mol. The van der Waals surface area contributed by atoms with E-state index in [-0.39, 0.29) is 0 Å². The van der Waals surface area contributed by atoms with Crippen LogP contribution in [0.15, 0.2) is 16.7 Å². The fraction of sp³-hybridized carbons (Fsp3) is 0.643. The fourth-order valence-corrected chi connectivity index (χ4v) is 2.27. The molecule has 0 radical (unpaired) electrons. The molecule has 0 saturated carbocycles. The highest BCUT2D eigenvalue weighted by Gasteiger charge is 2.11. The maximum Gasteiger partial charge on any atom is 0.132 e. The number of nitrogens with zero attached hydrogens (tertiary/aromatic N) is 2. The number of hydrogen-bond donors (Lipinski definition) is 1. The predicted molar refractivity (Wildman–Crippen MR) is 82.0 cm³/mol. The first-order valence-corrected chi connectivity index (χ1v) is 7.44. The van der Waals surface area contributed by atoms with E-state index in [9.17, 15) is 0 Å². The van der Waals surface area contributed by atoms with Crippen molar-refractivity contribution in [1.29, 1.82) is 0 Å². The van der Waals surface area contributed by atoms with E-state index in [1.807, 2.05) is 6.20 Å². The Kier molecular flexibility index (Phi) is 6.65. The van der Waals surface area contributed by atoms with Gasteiger partial charge in [0.1, 0.15) is 5.82 Å². The average Bonchev–Trinajstić information content (AvgIpc) is 2.36. The largest absolute Gasteiger partial charge is 0.359 e. The number of nitrogens with one attached hydrogen (secondary N) is 1. The summed E-state index contributed by atoms with van der Waals surface area (Å²) in [6.07, 6.45) is 3.07. The standard InChI is InChI=1S/C14H24BrN3/c1-5-11(3)10-18(4)14-12(8-16-6-2)7-13(15)9-17-14/h7,9,11,16H,5-6,8,10H2,1-4H3. The van der Waals surface area contributed by atoms with Gasteiger partial charge in [0.25, 0.3) is 0 Å². The molecular formula is C14H24BrN3. The third kappa shape index (κ3) is 4.58. The predicted octanol–water partition coefficient (Wildman–Crippen LogP) is 3.44. The van der Waals surface area contributed by atoms with Crippen LogP contribution < -0.4 is 10.2 Å². The zero-order chi connectivity index (χ0) is 13.5. The van der Waals surface area contributed by atoms with Crippen molar-refractivity contribution in [2.45, 2.75) is 33.7 Å². The van der Waals surface area contributed by atoms with E-state index >= 15 is 0 Å². The normalized spacial score (nSPS) is 12.5. The molecule has 1 heterocycles. The van der Waals surface area contributed by atoms with Crippen LogP contribution in [-0.4, -0.2) is 25.1 Å². The summed E-state index contributed by atoms with van der Waals surface area (Å²) >= 11 is 3.49. The molecule has 18 heavy (non-hydrogen) atoms. The Morgan fingerprint density at radius 1 is 1.44 bits per heavy atom. The van der Waals surface area contributed by atoms with Crippen LogP contribution in [0.3, 0.4) is 0 Å².